The predicted molar refractivity (Wildman–Crippen MR) is 138 cm³/mol. The molecular weight excluding hydrogens is 480 g/mol. The first kappa shape index (κ1) is 24.9. The molecule has 9 heteroatoms. The number of hydrazone groups is 1. The van der Waals surface area contributed by atoms with Crippen LogP contribution in [0.15, 0.2) is 70.7 Å². The smallest absolute Gasteiger partial charge is 0.353 e. The molecule has 1 amide bonds. The van der Waals surface area contributed by atoms with Crippen LogP contribution in [-0.2, 0) is 9.53 Å². The second-order valence-corrected chi connectivity index (χ2v) is 9.09. The Morgan fingerprint density at radius 2 is 1.78 bits per heavy atom. The Kier molecular flexibility index (Phi) is 7.30. The number of rotatable bonds is 7. The maximum atomic E-state index is 13.1. The van der Waals surface area contributed by atoms with Gasteiger partial charge in [-0.2, -0.15) is 10.1 Å². The van der Waals surface area contributed by atoms with Gasteiger partial charge in [0, 0.05) is 0 Å². The highest BCUT2D eigenvalue weighted by atomic mass is 32.1. The van der Waals surface area contributed by atoms with E-state index in [-0.39, 0.29) is 17.8 Å². The van der Waals surface area contributed by atoms with Crippen molar-refractivity contribution in [1.29, 1.82) is 0 Å². The Morgan fingerprint density at radius 3 is 2.42 bits per heavy atom. The number of esters is 2. The molecule has 0 fully saturated rings. The highest BCUT2D eigenvalue weighted by Gasteiger charge is 2.29. The minimum Gasteiger partial charge on any atom is -0.493 e. The van der Waals surface area contributed by atoms with Gasteiger partial charge in [0.05, 0.1) is 35.7 Å². The summed E-state index contributed by atoms with van der Waals surface area (Å²) in [6, 6.07) is 15.0. The summed E-state index contributed by atoms with van der Waals surface area (Å²) in [5.41, 5.74) is 2.54. The zero-order valence-corrected chi connectivity index (χ0v) is 21.0. The van der Waals surface area contributed by atoms with Gasteiger partial charge < -0.3 is 14.2 Å². The quantitative estimate of drug-likeness (QED) is 0.245. The monoisotopic (exact) mass is 504 g/mol. The normalized spacial score (nSPS) is 14.2. The molecule has 0 N–H and O–H groups in total. The first-order valence-corrected chi connectivity index (χ1v) is 12.0. The molecule has 184 valence electrons. The molecule has 0 aliphatic carbocycles. The number of hydrogen-bond acceptors (Lipinski definition) is 8. The van der Waals surface area contributed by atoms with E-state index in [1.807, 2.05) is 0 Å². The molecule has 0 saturated carbocycles. The van der Waals surface area contributed by atoms with Crippen LogP contribution < -0.4 is 14.5 Å². The van der Waals surface area contributed by atoms with Crippen molar-refractivity contribution in [2.24, 2.45) is 5.10 Å². The van der Waals surface area contributed by atoms with Gasteiger partial charge in [-0.05, 0) is 80.3 Å². The molecule has 0 bridgehead atoms. The van der Waals surface area contributed by atoms with Gasteiger partial charge in [0.1, 0.15) is 4.88 Å². The van der Waals surface area contributed by atoms with Crippen molar-refractivity contribution in [3.05, 3.63) is 81.6 Å². The predicted octanol–water partition coefficient (Wildman–Crippen LogP) is 5.35. The second kappa shape index (κ2) is 10.6. The number of nitrogens with zero attached hydrogens (tertiary/aromatic N) is 2. The topological polar surface area (TPSA) is 94.5 Å². The van der Waals surface area contributed by atoms with E-state index in [9.17, 15) is 14.4 Å². The molecule has 1 aliphatic heterocycles. The number of carbonyl (C=O) groups excluding carboxylic acids is 3. The molecule has 3 aromatic rings. The maximum absolute atomic E-state index is 13.1. The Balaban J connectivity index is 1.52. The van der Waals surface area contributed by atoms with Crippen LogP contribution in [0.25, 0.3) is 6.08 Å². The summed E-state index contributed by atoms with van der Waals surface area (Å²) in [6.07, 6.45) is 1.47. The molecule has 0 radical (unpaired) electrons. The maximum Gasteiger partial charge on any atom is 0.353 e. The van der Waals surface area contributed by atoms with Crippen molar-refractivity contribution in [1.82, 2.24) is 0 Å². The number of benzene rings is 2. The molecule has 1 aromatic heterocycles. The van der Waals surface area contributed by atoms with Gasteiger partial charge in [0.25, 0.3) is 5.91 Å². The summed E-state index contributed by atoms with van der Waals surface area (Å²) in [7, 11) is 1.48. The molecule has 1 aliphatic rings. The van der Waals surface area contributed by atoms with E-state index < -0.39 is 11.9 Å². The highest BCUT2D eigenvalue weighted by Crippen LogP contribution is 2.31. The van der Waals surface area contributed by atoms with Crippen molar-refractivity contribution in [3.8, 4) is 11.5 Å². The third-order valence-corrected chi connectivity index (χ3v) is 6.03. The van der Waals surface area contributed by atoms with Gasteiger partial charge in [0.15, 0.2) is 11.5 Å². The van der Waals surface area contributed by atoms with E-state index in [1.54, 1.807) is 86.8 Å². The summed E-state index contributed by atoms with van der Waals surface area (Å²) in [5.74, 6) is -0.573. The fraction of sp³-hybridized carbons (Fsp3) is 0.185. The summed E-state index contributed by atoms with van der Waals surface area (Å²) >= 11 is 1.29. The van der Waals surface area contributed by atoms with Crippen molar-refractivity contribution in [2.75, 3.05) is 12.1 Å². The summed E-state index contributed by atoms with van der Waals surface area (Å²) in [5, 5.41) is 7.47. The van der Waals surface area contributed by atoms with Gasteiger partial charge in [0.2, 0.25) is 0 Å². The molecule has 36 heavy (non-hydrogen) atoms. The minimum absolute atomic E-state index is 0.224. The van der Waals surface area contributed by atoms with Crippen LogP contribution in [-0.4, -0.2) is 36.8 Å². The van der Waals surface area contributed by atoms with E-state index in [0.29, 0.717) is 38.7 Å². The lowest BCUT2D eigenvalue weighted by Gasteiger charge is -2.13. The molecular formula is C27H24N2O6S. The lowest BCUT2D eigenvalue weighted by Crippen LogP contribution is -2.21. The summed E-state index contributed by atoms with van der Waals surface area (Å²) in [4.78, 5) is 38.0. The number of anilines is 1. The molecule has 4 rings (SSSR count). The Morgan fingerprint density at radius 1 is 1.03 bits per heavy atom. The van der Waals surface area contributed by atoms with Crippen LogP contribution in [0.2, 0.25) is 0 Å². The van der Waals surface area contributed by atoms with Gasteiger partial charge in [-0.25, -0.2) is 9.59 Å². The lowest BCUT2D eigenvalue weighted by atomic mass is 10.1. The Labute approximate surface area is 212 Å². The zero-order valence-electron chi connectivity index (χ0n) is 20.2. The van der Waals surface area contributed by atoms with E-state index in [1.165, 1.54) is 23.5 Å². The van der Waals surface area contributed by atoms with Crippen LogP contribution >= 0.6 is 11.3 Å². The number of carbonyl (C=O) groups is 3. The van der Waals surface area contributed by atoms with E-state index in [2.05, 4.69) is 5.10 Å². The SMILES string of the molecule is COc1cc(/C=C2\C(=O)N(c3ccc(C(=O)OC(C)C)cc3)N=C2C)ccc1OC(=O)c1cccs1. The van der Waals surface area contributed by atoms with Crippen LogP contribution in [0.3, 0.4) is 0 Å². The van der Waals surface area contributed by atoms with Crippen LogP contribution in [0.1, 0.15) is 46.4 Å². The van der Waals surface area contributed by atoms with Crippen molar-refractivity contribution < 1.29 is 28.6 Å². The van der Waals surface area contributed by atoms with E-state index in [4.69, 9.17) is 14.2 Å². The largest absolute Gasteiger partial charge is 0.493 e. The Bertz CT molecular complexity index is 1360. The molecule has 8 nitrogen and oxygen atoms in total. The number of ether oxygens (including phenoxy) is 3. The fourth-order valence-corrected chi connectivity index (χ4v) is 4.05. The van der Waals surface area contributed by atoms with Crippen LogP contribution in [0, 0.1) is 0 Å². The first-order chi connectivity index (χ1) is 17.3. The Hall–Kier alpha value is -4.24. The molecule has 0 atom stereocenters. The number of hydrogen-bond donors (Lipinski definition) is 0. The second-order valence-electron chi connectivity index (χ2n) is 8.14. The average molecular weight is 505 g/mol. The molecule has 2 aromatic carbocycles. The standard InChI is InChI=1S/C27H24N2O6S/c1-16(2)34-26(31)19-8-10-20(11-9-19)29-25(30)21(17(3)28-29)14-18-7-12-22(23(15-18)33-4)35-27(32)24-6-5-13-36-24/h5-16H,1-4H3/b21-14-. The molecule has 2 heterocycles. The van der Waals surface area contributed by atoms with Crippen LogP contribution in [0.5, 0.6) is 11.5 Å². The van der Waals surface area contributed by atoms with Gasteiger partial charge in [-0.1, -0.05) is 12.1 Å². The van der Waals surface area contributed by atoms with Gasteiger partial charge in [-0.15, -0.1) is 11.3 Å². The highest BCUT2D eigenvalue weighted by molar-refractivity contribution is 7.12. The van der Waals surface area contributed by atoms with Gasteiger partial charge >= 0.3 is 11.9 Å². The molecule has 0 saturated heterocycles. The minimum atomic E-state index is -0.470. The third kappa shape index (κ3) is 5.36. The van der Waals surface area contributed by atoms with Crippen LogP contribution in [0.4, 0.5) is 5.69 Å². The first-order valence-electron chi connectivity index (χ1n) is 11.1. The number of methoxy groups -OCH3 is 1. The zero-order chi connectivity index (χ0) is 25.8. The van der Waals surface area contributed by atoms with E-state index >= 15 is 0 Å². The molecule has 0 unspecified atom stereocenters. The number of thiophene rings is 1. The third-order valence-electron chi connectivity index (χ3n) is 5.18. The number of amides is 1. The lowest BCUT2D eigenvalue weighted by molar-refractivity contribution is -0.114. The van der Waals surface area contributed by atoms with Crippen molar-refractivity contribution >= 4 is 46.7 Å². The summed E-state index contributed by atoms with van der Waals surface area (Å²) < 4.78 is 16.1. The van der Waals surface area contributed by atoms with Gasteiger partial charge in [-0.3, -0.25) is 4.79 Å². The van der Waals surface area contributed by atoms with Crippen molar-refractivity contribution in [3.63, 3.8) is 0 Å². The fourth-order valence-electron chi connectivity index (χ4n) is 3.45. The average Bonchev–Trinajstić information content (AvgIpc) is 3.49. The van der Waals surface area contributed by atoms with Crippen molar-refractivity contribution in [2.45, 2.75) is 26.9 Å². The summed E-state index contributed by atoms with van der Waals surface area (Å²) in [6.45, 7) is 5.30. The molecule has 0 spiro atoms. The van der Waals surface area contributed by atoms with E-state index in [0.717, 1.165) is 0 Å².